The van der Waals surface area contributed by atoms with Crippen molar-refractivity contribution < 1.29 is 14.4 Å². The number of benzene rings is 1. The smallest absolute Gasteiger partial charge is 0.274 e. The highest BCUT2D eigenvalue weighted by atomic mass is 16.2. The van der Waals surface area contributed by atoms with Crippen molar-refractivity contribution in [2.75, 3.05) is 5.32 Å². The van der Waals surface area contributed by atoms with E-state index in [0.717, 1.165) is 10.7 Å². The van der Waals surface area contributed by atoms with Crippen molar-refractivity contribution >= 4 is 29.2 Å². The summed E-state index contributed by atoms with van der Waals surface area (Å²) in [4.78, 5) is 39.7. The van der Waals surface area contributed by atoms with Crippen LogP contribution in [0.2, 0.25) is 0 Å². The second kappa shape index (κ2) is 6.27. The Balaban J connectivity index is 1.81. The number of nitrogens with one attached hydrogen (secondary N) is 2. The quantitative estimate of drug-likeness (QED) is 0.837. The third-order valence-corrected chi connectivity index (χ3v) is 3.35. The molecule has 2 N–H and O–H groups in total. The van der Waals surface area contributed by atoms with Crippen LogP contribution in [0, 0.1) is 0 Å². The molecular weight excluding hydrogens is 296 g/mol. The minimum atomic E-state index is -0.569. The van der Waals surface area contributed by atoms with Gasteiger partial charge in [-0.1, -0.05) is 18.2 Å². The highest BCUT2D eigenvalue weighted by Crippen LogP contribution is 2.18. The van der Waals surface area contributed by atoms with Crippen molar-refractivity contribution in [3.05, 3.63) is 54.2 Å². The molecular formula is C16H14N4O3. The van der Waals surface area contributed by atoms with Crippen LogP contribution in [0.1, 0.15) is 23.2 Å². The summed E-state index contributed by atoms with van der Waals surface area (Å²) < 4.78 is 0. The number of hydrazine groups is 1. The van der Waals surface area contributed by atoms with E-state index in [2.05, 4.69) is 15.7 Å². The maximum absolute atomic E-state index is 12.4. The predicted molar refractivity (Wildman–Crippen MR) is 82.5 cm³/mol. The molecule has 1 fully saturated rings. The number of amides is 3. The third kappa shape index (κ3) is 3.18. The van der Waals surface area contributed by atoms with E-state index in [-0.39, 0.29) is 18.4 Å². The van der Waals surface area contributed by atoms with Crippen molar-refractivity contribution in [1.29, 1.82) is 0 Å². The van der Waals surface area contributed by atoms with Crippen LogP contribution in [0.3, 0.4) is 0 Å². The van der Waals surface area contributed by atoms with Gasteiger partial charge >= 0.3 is 0 Å². The number of rotatable bonds is 4. The number of anilines is 2. The lowest BCUT2D eigenvalue weighted by Crippen LogP contribution is -2.45. The molecule has 0 atom stereocenters. The first-order valence-corrected chi connectivity index (χ1v) is 7.09. The van der Waals surface area contributed by atoms with E-state index in [1.165, 1.54) is 0 Å². The van der Waals surface area contributed by atoms with Gasteiger partial charge in [-0.05, 0) is 24.3 Å². The zero-order chi connectivity index (χ0) is 16.2. The van der Waals surface area contributed by atoms with Crippen LogP contribution in [0.4, 0.5) is 11.5 Å². The molecule has 0 spiro atoms. The van der Waals surface area contributed by atoms with Gasteiger partial charge in [0.05, 0.1) is 5.56 Å². The number of carbonyl (C=O) groups is 3. The lowest BCUT2D eigenvalue weighted by atomic mass is 10.2. The molecule has 7 heteroatoms. The number of para-hydroxylation sites is 1. The normalized spacial score (nSPS) is 14.0. The number of carbonyl (C=O) groups excluding carboxylic acids is 3. The SMILES string of the molecule is O=C(NN1C(=O)CCC1=O)c1cccnc1Nc1ccccc1. The van der Waals surface area contributed by atoms with Gasteiger partial charge in [-0.15, -0.1) is 0 Å². The van der Waals surface area contributed by atoms with Gasteiger partial charge in [0.25, 0.3) is 5.91 Å². The van der Waals surface area contributed by atoms with E-state index in [0.29, 0.717) is 5.82 Å². The van der Waals surface area contributed by atoms with Gasteiger partial charge < -0.3 is 5.32 Å². The largest absolute Gasteiger partial charge is 0.340 e. The van der Waals surface area contributed by atoms with Crippen LogP contribution < -0.4 is 10.7 Å². The van der Waals surface area contributed by atoms with E-state index in [1.807, 2.05) is 30.3 Å². The zero-order valence-electron chi connectivity index (χ0n) is 12.2. The number of pyridine rings is 1. The van der Waals surface area contributed by atoms with E-state index < -0.39 is 17.7 Å². The average Bonchev–Trinajstić information content (AvgIpc) is 2.88. The van der Waals surface area contributed by atoms with Gasteiger partial charge in [0.2, 0.25) is 11.8 Å². The van der Waals surface area contributed by atoms with Gasteiger partial charge in [-0.25, -0.2) is 4.98 Å². The molecule has 0 aliphatic carbocycles. The lowest BCUT2D eigenvalue weighted by Gasteiger charge is -2.16. The van der Waals surface area contributed by atoms with Crippen molar-refractivity contribution in [3.63, 3.8) is 0 Å². The molecule has 2 heterocycles. The lowest BCUT2D eigenvalue weighted by molar-refractivity contribution is -0.141. The summed E-state index contributed by atoms with van der Waals surface area (Å²) in [6.45, 7) is 0. The molecule has 116 valence electrons. The standard InChI is InChI=1S/C16H14N4O3/c21-13-8-9-14(22)20(13)19-16(23)12-7-4-10-17-15(12)18-11-5-2-1-3-6-11/h1-7,10H,8-9H2,(H,17,18)(H,19,23). The van der Waals surface area contributed by atoms with Gasteiger partial charge in [-0.2, -0.15) is 5.01 Å². The molecule has 1 aromatic carbocycles. The summed E-state index contributed by atoms with van der Waals surface area (Å²) in [6.07, 6.45) is 1.77. The van der Waals surface area contributed by atoms with Gasteiger partial charge in [-0.3, -0.25) is 19.8 Å². The van der Waals surface area contributed by atoms with Gasteiger partial charge in [0, 0.05) is 24.7 Å². The highest BCUT2D eigenvalue weighted by molar-refractivity contribution is 6.06. The highest BCUT2D eigenvalue weighted by Gasteiger charge is 2.31. The molecule has 23 heavy (non-hydrogen) atoms. The Labute approximate surface area is 132 Å². The Morgan fingerprint density at radius 1 is 1.00 bits per heavy atom. The van der Waals surface area contributed by atoms with E-state index in [9.17, 15) is 14.4 Å². The molecule has 1 aliphatic rings. The van der Waals surface area contributed by atoms with Gasteiger partial charge in [0.15, 0.2) is 0 Å². The molecule has 1 saturated heterocycles. The molecule has 0 radical (unpaired) electrons. The zero-order valence-corrected chi connectivity index (χ0v) is 12.2. The molecule has 0 saturated carbocycles. The monoisotopic (exact) mass is 310 g/mol. The summed E-state index contributed by atoms with van der Waals surface area (Å²) in [5, 5.41) is 3.81. The molecule has 1 aliphatic heterocycles. The molecule has 7 nitrogen and oxygen atoms in total. The maximum Gasteiger partial charge on any atom is 0.274 e. The first kappa shape index (κ1) is 14.7. The number of nitrogens with zero attached hydrogens (tertiary/aromatic N) is 2. The van der Waals surface area contributed by atoms with Crippen molar-refractivity contribution in [3.8, 4) is 0 Å². The average molecular weight is 310 g/mol. The van der Waals surface area contributed by atoms with Crippen molar-refractivity contribution in [2.45, 2.75) is 12.8 Å². The van der Waals surface area contributed by atoms with Crippen LogP contribution in [0.5, 0.6) is 0 Å². The minimum absolute atomic E-state index is 0.112. The van der Waals surface area contributed by atoms with Crippen molar-refractivity contribution in [2.24, 2.45) is 0 Å². The second-order valence-electron chi connectivity index (χ2n) is 4.95. The minimum Gasteiger partial charge on any atom is -0.340 e. The first-order chi connectivity index (χ1) is 11.1. The van der Waals surface area contributed by atoms with Crippen LogP contribution in [0.15, 0.2) is 48.7 Å². The maximum atomic E-state index is 12.4. The fourth-order valence-corrected chi connectivity index (χ4v) is 2.21. The summed E-state index contributed by atoms with van der Waals surface area (Å²) in [5.41, 5.74) is 3.35. The molecule has 3 amide bonds. The van der Waals surface area contributed by atoms with Crippen LogP contribution >= 0.6 is 0 Å². The van der Waals surface area contributed by atoms with Gasteiger partial charge in [0.1, 0.15) is 5.82 Å². The molecule has 1 aromatic heterocycles. The Bertz CT molecular complexity index is 745. The summed E-state index contributed by atoms with van der Waals surface area (Å²) in [7, 11) is 0. The number of hydrogen-bond acceptors (Lipinski definition) is 5. The summed E-state index contributed by atoms with van der Waals surface area (Å²) in [6, 6.07) is 12.4. The Morgan fingerprint density at radius 2 is 1.70 bits per heavy atom. The Kier molecular flexibility index (Phi) is 4.01. The van der Waals surface area contributed by atoms with Crippen LogP contribution in [-0.4, -0.2) is 27.7 Å². The predicted octanol–water partition coefficient (Wildman–Crippen LogP) is 1.62. The van der Waals surface area contributed by atoms with Crippen LogP contribution in [0.25, 0.3) is 0 Å². The summed E-state index contributed by atoms with van der Waals surface area (Å²) >= 11 is 0. The molecule has 0 unspecified atom stereocenters. The second-order valence-corrected chi connectivity index (χ2v) is 4.95. The van der Waals surface area contributed by atoms with E-state index in [4.69, 9.17) is 0 Å². The third-order valence-electron chi connectivity index (χ3n) is 3.35. The number of aromatic nitrogens is 1. The van der Waals surface area contributed by atoms with Crippen LogP contribution in [-0.2, 0) is 9.59 Å². The van der Waals surface area contributed by atoms with E-state index >= 15 is 0 Å². The number of hydrogen-bond donors (Lipinski definition) is 2. The Hall–Kier alpha value is -3.22. The van der Waals surface area contributed by atoms with Crippen molar-refractivity contribution in [1.82, 2.24) is 15.4 Å². The topological polar surface area (TPSA) is 91.4 Å². The fraction of sp³-hybridized carbons (Fsp3) is 0.125. The summed E-state index contributed by atoms with van der Waals surface area (Å²) in [5.74, 6) is -1.05. The van der Waals surface area contributed by atoms with E-state index in [1.54, 1.807) is 18.3 Å². The Morgan fingerprint density at radius 3 is 2.39 bits per heavy atom. The number of imide groups is 1. The molecule has 0 bridgehead atoms. The fourth-order valence-electron chi connectivity index (χ4n) is 2.21. The molecule has 2 aromatic rings. The first-order valence-electron chi connectivity index (χ1n) is 7.09. The molecule has 3 rings (SSSR count).